The van der Waals surface area contributed by atoms with Crippen molar-refractivity contribution in [2.24, 2.45) is 0 Å². The highest BCUT2D eigenvalue weighted by Crippen LogP contribution is 2.08. The van der Waals surface area contributed by atoms with Crippen molar-refractivity contribution >= 4 is 17.9 Å². The molecule has 0 spiro atoms. The fourth-order valence-electron chi connectivity index (χ4n) is 3.51. The quantitative estimate of drug-likeness (QED) is 0.294. The highest BCUT2D eigenvalue weighted by molar-refractivity contribution is 5.69. The predicted octanol–water partition coefficient (Wildman–Crippen LogP) is -1.36. The van der Waals surface area contributed by atoms with Crippen LogP contribution in [-0.2, 0) is 19.1 Å². The normalized spacial score (nSPS) is 20.0. The number of carbonyl (C=O) groups is 3. The third kappa shape index (κ3) is 14.8. The Morgan fingerprint density at radius 1 is 0.697 bits per heavy atom. The van der Waals surface area contributed by atoms with Crippen LogP contribution in [0.2, 0.25) is 0 Å². The molecule has 1 atom stereocenters. The van der Waals surface area contributed by atoms with E-state index in [0.717, 1.165) is 0 Å². The van der Waals surface area contributed by atoms with Crippen LogP contribution < -0.4 is 0 Å². The summed E-state index contributed by atoms with van der Waals surface area (Å²) in [6.45, 7) is 8.82. The van der Waals surface area contributed by atoms with E-state index in [9.17, 15) is 34.8 Å². The number of ether oxygens (including phenoxy) is 1. The Kier molecular flexibility index (Phi) is 12.8. The van der Waals surface area contributed by atoms with Crippen LogP contribution in [0.15, 0.2) is 0 Å². The van der Waals surface area contributed by atoms with Crippen molar-refractivity contribution in [2.45, 2.75) is 32.5 Å². The van der Waals surface area contributed by atoms with Gasteiger partial charge in [-0.3, -0.25) is 34.0 Å². The third-order valence-corrected chi connectivity index (χ3v) is 5.18. The molecule has 1 heterocycles. The monoisotopic (exact) mass is 476 g/mol. The van der Waals surface area contributed by atoms with Crippen LogP contribution in [0.5, 0.6) is 0 Å². The van der Waals surface area contributed by atoms with Gasteiger partial charge >= 0.3 is 17.9 Å². The lowest BCUT2D eigenvalue weighted by atomic mass is 10.2. The third-order valence-electron chi connectivity index (χ3n) is 5.18. The molecule has 12 nitrogen and oxygen atoms in total. The minimum absolute atomic E-state index is 0.155. The van der Waals surface area contributed by atoms with Crippen molar-refractivity contribution in [3.05, 3.63) is 0 Å². The summed E-state index contributed by atoms with van der Waals surface area (Å²) in [7, 11) is 0. The summed E-state index contributed by atoms with van der Waals surface area (Å²) >= 11 is 0. The average Bonchev–Trinajstić information content (AvgIpc) is 2.66. The van der Waals surface area contributed by atoms with Gasteiger partial charge in [0.25, 0.3) is 0 Å². The van der Waals surface area contributed by atoms with Gasteiger partial charge in [-0.05, 0) is 20.8 Å². The zero-order valence-corrected chi connectivity index (χ0v) is 20.0. The molecule has 0 amide bonds. The first-order valence-electron chi connectivity index (χ1n) is 11.2. The maximum atomic E-state index is 11.3. The first kappa shape index (κ1) is 29.2. The van der Waals surface area contributed by atoms with Crippen molar-refractivity contribution < 1.29 is 39.5 Å². The van der Waals surface area contributed by atoms with E-state index < -0.39 is 24.0 Å². The number of β-amino-alcohol motifs (C(OH)–C–C–N with tert-alkyl or cyclic N) is 1. The Hall–Kier alpha value is -1.83. The summed E-state index contributed by atoms with van der Waals surface area (Å²) < 4.78 is 5.65. The molecule has 1 rings (SSSR count). The molecule has 1 aliphatic rings. The molecule has 1 fully saturated rings. The summed E-state index contributed by atoms with van der Waals surface area (Å²) in [5, 5.41) is 38.2. The lowest BCUT2D eigenvalue weighted by Gasteiger charge is -2.34. The molecular weight excluding hydrogens is 436 g/mol. The van der Waals surface area contributed by atoms with Gasteiger partial charge in [0.1, 0.15) is 0 Å². The molecule has 1 unspecified atom stereocenters. The first-order chi connectivity index (χ1) is 15.3. The smallest absolute Gasteiger partial charge is 0.317 e. The predicted molar refractivity (Wildman–Crippen MR) is 120 cm³/mol. The lowest BCUT2D eigenvalue weighted by Crippen LogP contribution is -2.49. The van der Waals surface area contributed by atoms with Gasteiger partial charge in [0.15, 0.2) is 0 Å². The van der Waals surface area contributed by atoms with Crippen molar-refractivity contribution in [1.29, 1.82) is 0 Å². The number of nitrogens with zero attached hydrogens (tertiary/aromatic N) is 4. The molecule has 4 N–H and O–H groups in total. The topological polar surface area (TPSA) is 154 Å². The summed E-state index contributed by atoms with van der Waals surface area (Å²) in [4.78, 5) is 41.0. The molecule has 12 heteroatoms. The fourth-order valence-corrected chi connectivity index (χ4v) is 3.51. The largest absolute Gasteiger partial charge is 0.480 e. The molecule has 0 aromatic heterocycles. The summed E-state index contributed by atoms with van der Waals surface area (Å²) in [5.41, 5.74) is -0.388. The number of rotatable bonds is 10. The van der Waals surface area contributed by atoms with E-state index in [-0.39, 0.29) is 31.8 Å². The van der Waals surface area contributed by atoms with Crippen molar-refractivity contribution in [3.63, 3.8) is 0 Å². The zero-order chi connectivity index (χ0) is 25.0. The Bertz CT molecular complexity index is 596. The number of aliphatic carboxylic acids is 3. The van der Waals surface area contributed by atoms with Crippen LogP contribution in [0.1, 0.15) is 20.8 Å². The highest BCUT2D eigenvalue weighted by Gasteiger charge is 2.22. The Morgan fingerprint density at radius 3 is 1.27 bits per heavy atom. The second kappa shape index (κ2) is 14.4. The molecule has 0 aromatic rings. The second-order valence-corrected chi connectivity index (χ2v) is 9.39. The second-order valence-electron chi connectivity index (χ2n) is 9.39. The summed E-state index contributed by atoms with van der Waals surface area (Å²) in [6, 6.07) is 0. The van der Waals surface area contributed by atoms with Crippen molar-refractivity contribution in [2.75, 3.05) is 85.1 Å². The van der Waals surface area contributed by atoms with Gasteiger partial charge in [-0.25, -0.2) is 0 Å². The number of carboxylic acid groups (broad SMARTS) is 3. The van der Waals surface area contributed by atoms with Crippen molar-refractivity contribution in [1.82, 2.24) is 19.6 Å². The minimum Gasteiger partial charge on any atom is -0.480 e. The Labute approximate surface area is 195 Å². The van der Waals surface area contributed by atoms with Gasteiger partial charge in [0.05, 0.1) is 37.9 Å². The van der Waals surface area contributed by atoms with Gasteiger partial charge in [-0.2, -0.15) is 0 Å². The van der Waals surface area contributed by atoms with E-state index in [2.05, 4.69) is 0 Å². The summed E-state index contributed by atoms with van der Waals surface area (Å²) in [5.74, 6) is -2.93. The van der Waals surface area contributed by atoms with Gasteiger partial charge < -0.3 is 25.2 Å². The van der Waals surface area contributed by atoms with E-state index in [0.29, 0.717) is 58.9 Å². The first-order valence-corrected chi connectivity index (χ1v) is 11.2. The molecule has 0 saturated carbocycles. The molecule has 0 aliphatic carbocycles. The van der Waals surface area contributed by atoms with E-state index in [1.807, 2.05) is 25.7 Å². The molecule has 0 bridgehead atoms. The van der Waals surface area contributed by atoms with Crippen LogP contribution in [0.4, 0.5) is 0 Å². The van der Waals surface area contributed by atoms with Gasteiger partial charge in [0, 0.05) is 58.9 Å². The van der Waals surface area contributed by atoms with Crippen LogP contribution in [0.3, 0.4) is 0 Å². The van der Waals surface area contributed by atoms with Crippen LogP contribution in [0, 0.1) is 0 Å². The van der Waals surface area contributed by atoms with E-state index in [4.69, 9.17) is 4.74 Å². The lowest BCUT2D eigenvalue weighted by molar-refractivity contribution is -0.140. The van der Waals surface area contributed by atoms with Gasteiger partial charge in [-0.1, -0.05) is 0 Å². The molecule has 1 saturated heterocycles. The molecule has 0 radical (unpaired) electrons. The molecule has 1 aliphatic heterocycles. The standard InChI is InChI=1S/C21H40N4O8/c1-21(2,3)33-16-17(26)12-22-4-6-23(13-18(27)28)8-10-25(15-20(31)32)11-9-24(7-5-22)14-19(29)30/h17,26H,4-16H2,1-3H3,(H,27,28)(H,29,30)(H,31,32). The number of aliphatic hydroxyl groups is 1. The van der Waals surface area contributed by atoms with E-state index in [1.54, 1.807) is 14.7 Å². The number of hydrogen-bond donors (Lipinski definition) is 4. The number of aliphatic hydroxyl groups excluding tert-OH is 1. The fraction of sp³-hybridized carbons (Fsp3) is 0.857. The molecule has 192 valence electrons. The maximum absolute atomic E-state index is 11.3. The SMILES string of the molecule is CC(C)(C)OCC(O)CN1CCN(CC(=O)O)CCN(CC(=O)O)CCN(CC(=O)O)CC1. The van der Waals surface area contributed by atoms with Gasteiger partial charge in [-0.15, -0.1) is 0 Å². The maximum Gasteiger partial charge on any atom is 0.317 e. The number of carboxylic acids is 3. The molecular formula is C21H40N4O8. The highest BCUT2D eigenvalue weighted by atomic mass is 16.5. The average molecular weight is 477 g/mol. The summed E-state index contributed by atoms with van der Waals surface area (Å²) in [6.07, 6.45) is -0.746. The molecule has 33 heavy (non-hydrogen) atoms. The van der Waals surface area contributed by atoms with Crippen molar-refractivity contribution in [3.8, 4) is 0 Å². The van der Waals surface area contributed by atoms with E-state index >= 15 is 0 Å². The zero-order valence-electron chi connectivity index (χ0n) is 20.0. The number of hydrogen-bond acceptors (Lipinski definition) is 9. The Balaban J connectivity index is 2.91. The van der Waals surface area contributed by atoms with Crippen LogP contribution in [0.25, 0.3) is 0 Å². The van der Waals surface area contributed by atoms with Gasteiger partial charge in [0.2, 0.25) is 0 Å². The minimum atomic E-state index is -0.991. The van der Waals surface area contributed by atoms with Crippen LogP contribution >= 0.6 is 0 Å². The van der Waals surface area contributed by atoms with E-state index in [1.165, 1.54) is 0 Å². The molecule has 0 aromatic carbocycles. The Morgan fingerprint density at radius 2 is 1.00 bits per heavy atom. The van der Waals surface area contributed by atoms with Crippen LogP contribution in [-0.4, -0.2) is 155 Å².